The minimum atomic E-state index is -1.12. The molecule has 0 aromatic carbocycles. The van der Waals surface area contributed by atoms with Crippen LogP contribution >= 0.6 is 0 Å². The maximum atomic E-state index is 10.2. The highest BCUT2D eigenvalue weighted by Gasteiger charge is 2.26. The molecule has 1 aliphatic rings. The molecule has 1 aliphatic carbocycles. The molecule has 4 heteroatoms. The van der Waals surface area contributed by atoms with Crippen LogP contribution in [0.2, 0.25) is 0 Å². The Morgan fingerprint density at radius 3 is 2.50 bits per heavy atom. The Morgan fingerprint density at radius 1 is 1.60 bits per heavy atom. The summed E-state index contributed by atoms with van der Waals surface area (Å²) in [6.45, 7) is 0. The van der Waals surface area contributed by atoms with E-state index in [4.69, 9.17) is 10.3 Å². The zero-order valence-corrected chi connectivity index (χ0v) is 5.45. The van der Waals surface area contributed by atoms with Crippen molar-refractivity contribution in [1.29, 1.82) is 0 Å². The SMILES string of the molecule is O=C(O)C(CC1CC1)=NO. The molecule has 0 aromatic heterocycles. The second-order valence-corrected chi connectivity index (χ2v) is 2.50. The topological polar surface area (TPSA) is 69.9 Å². The summed E-state index contributed by atoms with van der Waals surface area (Å²) < 4.78 is 0. The number of rotatable bonds is 3. The molecule has 2 N–H and O–H groups in total. The van der Waals surface area contributed by atoms with Crippen molar-refractivity contribution in [3.05, 3.63) is 0 Å². The molecule has 10 heavy (non-hydrogen) atoms. The van der Waals surface area contributed by atoms with Crippen molar-refractivity contribution in [1.82, 2.24) is 0 Å². The standard InChI is InChI=1S/C6H9NO3/c8-6(9)5(7-10)3-4-1-2-4/h4,10H,1-3H2,(H,8,9). The fraction of sp³-hybridized carbons (Fsp3) is 0.667. The summed E-state index contributed by atoms with van der Waals surface area (Å²) in [6.07, 6.45) is 2.53. The number of oxime groups is 1. The zero-order chi connectivity index (χ0) is 7.56. The van der Waals surface area contributed by atoms with Gasteiger partial charge in [0.2, 0.25) is 0 Å². The monoisotopic (exact) mass is 143 g/mol. The largest absolute Gasteiger partial charge is 0.477 e. The molecule has 0 radical (unpaired) electrons. The number of carbonyl (C=O) groups is 1. The predicted molar refractivity (Wildman–Crippen MR) is 34.2 cm³/mol. The summed E-state index contributed by atoms with van der Waals surface area (Å²) in [4.78, 5) is 10.2. The number of carboxylic acid groups (broad SMARTS) is 1. The molecule has 0 spiro atoms. The molecule has 0 atom stereocenters. The van der Waals surface area contributed by atoms with Gasteiger partial charge in [-0.15, -0.1) is 0 Å². The first-order chi connectivity index (χ1) is 4.74. The molecule has 0 amide bonds. The molecular weight excluding hydrogens is 134 g/mol. The third kappa shape index (κ3) is 1.72. The van der Waals surface area contributed by atoms with E-state index < -0.39 is 5.97 Å². The third-order valence-electron chi connectivity index (χ3n) is 1.55. The van der Waals surface area contributed by atoms with Crippen LogP contribution in [-0.2, 0) is 4.79 Å². The van der Waals surface area contributed by atoms with Gasteiger partial charge in [-0.3, -0.25) is 0 Å². The minimum Gasteiger partial charge on any atom is -0.477 e. The molecule has 0 bridgehead atoms. The van der Waals surface area contributed by atoms with Crippen LogP contribution < -0.4 is 0 Å². The third-order valence-corrected chi connectivity index (χ3v) is 1.55. The Hall–Kier alpha value is -1.06. The van der Waals surface area contributed by atoms with Gasteiger partial charge in [0.25, 0.3) is 0 Å². The van der Waals surface area contributed by atoms with Gasteiger partial charge in [-0.2, -0.15) is 0 Å². The van der Waals surface area contributed by atoms with Crippen LogP contribution in [0.15, 0.2) is 5.16 Å². The molecule has 0 aliphatic heterocycles. The van der Waals surface area contributed by atoms with E-state index in [1.165, 1.54) is 0 Å². The Labute approximate surface area is 58.2 Å². The summed E-state index contributed by atoms with van der Waals surface area (Å²) in [5.41, 5.74) is -0.123. The highest BCUT2D eigenvalue weighted by Crippen LogP contribution is 2.32. The minimum absolute atomic E-state index is 0.123. The fourth-order valence-electron chi connectivity index (χ4n) is 0.766. The lowest BCUT2D eigenvalue weighted by molar-refractivity contribution is -0.129. The van der Waals surface area contributed by atoms with E-state index >= 15 is 0 Å². The van der Waals surface area contributed by atoms with Gasteiger partial charge in [0, 0.05) is 6.42 Å². The van der Waals surface area contributed by atoms with E-state index in [9.17, 15) is 4.79 Å². The summed E-state index contributed by atoms with van der Waals surface area (Å²) in [6, 6.07) is 0. The van der Waals surface area contributed by atoms with Gasteiger partial charge in [0.1, 0.15) is 0 Å². The molecule has 1 fully saturated rings. The van der Waals surface area contributed by atoms with Crippen LogP contribution in [0, 0.1) is 5.92 Å². The lowest BCUT2D eigenvalue weighted by atomic mass is 10.2. The number of carboxylic acids is 1. The highest BCUT2D eigenvalue weighted by molar-refractivity contribution is 6.35. The van der Waals surface area contributed by atoms with Gasteiger partial charge in [-0.25, -0.2) is 4.79 Å². The highest BCUT2D eigenvalue weighted by atomic mass is 16.4. The average Bonchev–Trinajstić information content (AvgIpc) is 2.64. The van der Waals surface area contributed by atoms with Crippen LogP contribution in [0.3, 0.4) is 0 Å². The zero-order valence-electron chi connectivity index (χ0n) is 5.45. The number of aliphatic carboxylic acids is 1. The van der Waals surface area contributed by atoms with Gasteiger partial charge in [-0.1, -0.05) is 5.16 Å². The van der Waals surface area contributed by atoms with Gasteiger partial charge in [-0.05, 0) is 18.8 Å². The van der Waals surface area contributed by atoms with Crippen molar-refractivity contribution in [2.75, 3.05) is 0 Å². The van der Waals surface area contributed by atoms with Gasteiger partial charge < -0.3 is 10.3 Å². The molecule has 1 rings (SSSR count). The maximum absolute atomic E-state index is 10.2. The van der Waals surface area contributed by atoms with E-state index in [0.717, 1.165) is 12.8 Å². The molecule has 4 nitrogen and oxygen atoms in total. The number of hydrogen-bond acceptors (Lipinski definition) is 3. The second-order valence-electron chi connectivity index (χ2n) is 2.50. The maximum Gasteiger partial charge on any atom is 0.353 e. The molecule has 56 valence electrons. The van der Waals surface area contributed by atoms with Crippen molar-refractivity contribution in [2.24, 2.45) is 11.1 Å². The molecular formula is C6H9NO3. The van der Waals surface area contributed by atoms with E-state index in [1.807, 2.05) is 0 Å². The quantitative estimate of drug-likeness (QED) is 0.347. The van der Waals surface area contributed by atoms with Gasteiger partial charge >= 0.3 is 5.97 Å². The Balaban J connectivity index is 2.40. The van der Waals surface area contributed by atoms with E-state index in [1.54, 1.807) is 0 Å². The Kier molecular flexibility index (Phi) is 1.89. The smallest absolute Gasteiger partial charge is 0.353 e. The Bertz CT molecular complexity index is 172. The number of hydrogen-bond donors (Lipinski definition) is 2. The fourth-order valence-corrected chi connectivity index (χ4v) is 0.766. The summed E-state index contributed by atoms with van der Waals surface area (Å²) >= 11 is 0. The first-order valence-corrected chi connectivity index (χ1v) is 3.18. The van der Waals surface area contributed by atoms with E-state index in [-0.39, 0.29) is 5.71 Å². The summed E-state index contributed by atoms with van der Waals surface area (Å²) in [5, 5.41) is 19.2. The van der Waals surface area contributed by atoms with Crippen LogP contribution in [0.1, 0.15) is 19.3 Å². The van der Waals surface area contributed by atoms with E-state index in [0.29, 0.717) is 12.3 Å². The van der Waals surface area contributed by atoms with Crippen molar-refractivity contribution >= 4 is 11.7 Å². The van der Waals surface area contributed by atoms with Crippen molar-refractivity contribution < 1.29 is 15.1 Å². The molecule has 0 aromatic rings. The predicted octanol–water partition coefficient (Wildman–Crippen LogP) is 0.701. The van der Waals surface area contributed by atoms with Crippen molar-refractivity contribution in [3.8, 4) is 0 Å². The van der Waals surface area contributed by atoms with Gasteiger partial charge in [0.05, 0.1) is 0 Å². The van der Waals surface area contributed by atoms with Crippen molar-refractivity contribution in [3.63, 3.8) is 0 Å². The lowest BCUT2D eigenvalue weighted by Crippen LogP contribution is -2.13. The summed E-state index contributed by atoms with van der Waals surface area (Å²) in [5.74, 6) is -0.670. The average molecular weight is 143 g/mol. The molecule has 0 saturated heterocycles. The lowest BCUT2D eigenvalue weighted by Gasteiger charge is -1.93. The summed E-state index contributed by atoms with van der Waals surface area (Å²) in [7, 11) is 0. The first kappa shape index (κ1) is 7.05. The molecule has 0 unspecified atom stereocenters. The second kappa shape index (κ2) is 2.68. The number of nitrogens with zero attached hydrogens (tertiary/aromatic N) is 1. The van der Waals surface area contributed by atoms with Crippen LogP contribution in [0.25, 0.3) is 0 Å². The van der Waals surface area contributed by atoms with Crippen molar-refractivity contribution in [2.45, 2.75) is 19.3 Å². The molecule has 0 heterocycles. The Morgan fingerprint density at radius 2 is 2.20 bits per heavy atom. The van der Waals surface area contributed by atoms with Gasteiger partial charge in [0.15, 0.2) is 5.71 Å². The normalized spacial score (nSPS) is 19.0. The van der Waals surface area contributed by atoms with Crippen LogP contribution in [0.4, 0.5) is 0 Å². The van der Waals surface area contributed by atoms with E-state index in [2.05, 4.69) is 5.16 Å². The van der Waals surface area contributed by atoms with Crippen LogP contribution in [0.5, 0.6) is 0 Å². The van der Waals surface area contributed by atoms with Crippen LogP contribution in [-0.4, -0.2) is 22.0 Å². The molecule has 1 saturated carbocycles. The first-order valence-electron chi connectivity index (χ1n) is 3.18.